The summed E-state index contributed by atoms with van der Waals surface area (Å²) in [4.78, 5) is 13.0. The molecule has 19 heavy (non-hydrogen) atoms. The normalized spacial score (nSPS) is 21.3. The predicted octanol–water partition coefficient (Wildman–Crippen LogP) is 4.02. The Morgan fingerprint density at radius 3 is 2.84 bits per heavy atom. The Morgan fingerprint density at radius 2 is 2.16 bits per heavy atom. The molecule has 1 heterocycles. The molecule has 2 nitrogen and oxygen atoms in total. The molecular formula is C15H13BrO2S. The number of carboxylic acid groups (broad SMARTS) is 1. The van der Waals surface area contributed by atoms with Crippen molar-refractivity contribution < 1.29 is 9.90 Å². The van der Waals surface area contributed by atoms with E-state index in [0.29, 0.717) is 12.8 Å². The number of carbonyl (C=O) groups is 1. The maximum atomic E-state index is 11.9. The van der Waals surface area contributed by atoms with E-state index in [4.69, 9.17) is 0 Å². The van der Waals surface area contributed by atoms with Gasteiger partial charge >= 0.3 is 5.97 Å². The van der Waals surface area contributed by atoms with Crippen molar-refractivity contribution >= 4 is 33.2 Å². The van der Waals surface area contributed by atoms with Crippen molar-refractivity contribution in [2.75, 3.05) is 0 Å². The summed E-state index contributed by atoms with van der Waals surface area (Å²) in [6.45, 7) is 0. The summed E-state index contributed by atoms with van der Waals surface area (Å²) in [5, 5.41) is 11.8. The Labute approximate surface area is 124 Å². The zero-order chi connectivity index (χ0) is 13.5. The highest BCUT2D eigenvalue weighted by Gasteiger charge is 2.45. The van der Waals surface area contributed by atoms with Crippen molar-refractivity contribution in [2.45, 2.75) is 24.7 Å². The van der Waals surface area contributed by atoms with Gasteiger partial charge in [0.2, 0.25) is 0 Å². The van der Waals surface area contributed by atoms with E-state index >= 15 is 0 Å². The molecule has 1 aliphatic carbocycles. The topological polar surface area (TPSA) is 37.3 Å². The molecular weight excluding hydrogens is 324 g/mol. The van der Waals surface area contributed by atoms with Crippen molar-refractivity contribution in [3.63, 3.8) is 0 Å². The van der Waals surface area contributed by atoms with Crippen LogP contribution in [-0.4, -0.2) is 11.1 Å². The van der Waals surface area contributed by atoms with Gasteiger partial charge in [0.05, 0.1) is 5.41 Å². The number of fused-ring (bicyclic) bond motifs is 1. The fourth-order valence-corrected chi connectivity index (χ4v) is 4.50. The van der Waals surface area contributed by atoms with Gasteiger partial charge in [0.25, 0.3) is 0 Å². The molecule has 0 radical (unpaired) electrons. The van der Waals surface area contributed by atoms with Crippen LogP contribution >= 0.6 is 27.3 Å². The number of rotatable bonds is 3. The first-order valence-corrected chi connectivity index (χ1v) is 7.84. The van der Waals surface area contributed by atoms with E-state index in [1.807, 2.05) is 35.7 Å². The van der Waals surface area contributed by atoms with Crippen LogP contribution in [0.1, 0.15) is 22.4 Å². The largest absolute Gasteiger partial charge is 0.481 e. The molecule has 1 atom stereocenters. The molecule has 0 amide bonds. The molecule has 1 aromatic heterocycles. The molecule has 1 aromatic carbocycles. The van der Waals surface area contributed by atoms with Gasteiger partial charge in [0, 0.05) is 15.8 Å². The quantitative estimate of drug-likeness (QED) is 0.918. The van der Waals surface area contributed by atoms with Crippen LogP contribution in [0.4, 0.5) is 0 Å². The lowest BCUT2D eigenvalue weighted by Gasteiger charge is -2.25. The third kappa shape index (κ3) is 2.03. The number of hydrogen-bond acceptors (Lipinski definition) is 2. The first-order valence-electron chi connectivity index (χ1n) is 6.17. The van der Waals surface area contributed by atoms with Crippen LogP contribution < -0.4 is 0 Å². The van der Waals surface area contributed by atoms with Crippen LogP contribution in [-0.2, 0) is 23.1 Å². The summed E-state index contributed by atoms with van der Waals surface area (Å²) >= 11 is 5.12. The monoisotopic (exact) mass is 336 g/mol. The summed E-state index contributed by atoms with van der Waals surface area (Å²) in [7, 11) is 0. The van der Waals surface area contributed by atoms with Gasteiger partial charge in [-0.1, -0.05) is 24.3 Å². The molecule has 0 saturated heterocycles. The molecule has 4 heteroatoms. The van der Waals surface area contributed by atoms with Crippen molar-refractivity contribution in [1.29, 1.82) is 0 Å². The summed E-state index contributed by atoms with van der Waals surface area (Å²) in [6, 6.07) is 9.92. The van der Waals surface area contributed by atoms with E-state index in [1.54, 1.807) is 11.3 Å². The Kier molecular flexibility index (Phi) is 3.23. The average molecular weight is 337 g/mol. The van der Waals surface area contributed by atoms with Gasteiger partial charge in [0.15, 0.2) is 0 Å². The molecule has 0 aliphatic heterocycles. The van der Waals surface area contributed by atoms with Crippen LogP contribution in [0.2, 0.25) is 0 Å². The first-order chi connectivity index (χ1) is 9.13. The molecule has 0 spiro atoms. The maximum absolute atomic E-state index is 11.9. The summed E-state index contributed by atoms with van der Waals surface area (Å²) < 4.78 is 1.02. The van der Waals surface area contributed by atoms with Gasteiger partial charge in [-0.25, -0.2) is 0 Å². The molecule has 0 saturated carbocycles. The van der Waals surface area contributed by atoms with Gasteiger partial charge in [-0.05, 0) is 51.3 Å². The van der Waals surface area contributed by atoms with Gasteiger partial charge in [0.1, 0.15) is 0 Å². The predicted molar refractivity (Wildman–Crippen MR) is 79.8 cm³/mol. The number of hydrogen-bond donors (Lipinski definition) is 1. The second kappa shape index (κ2) is 4.76. The van der Waals surface area contributed by atoms with E-state index in [2.05, 4.69) is 15.9 Å². The summed E-state index contributed by atoms with van der Waals surface area (Å²) in [5.74, 6) is -0.710. The standard InChI is InChI=1S/C15H13BrO2S/c16-12-6-8-19-13(12)9-15(14(17)18)7-5-10-3-1-2-4-11(10)15/h1-4,6,8H,5,7,9H2,(H,17,18). The summed E-state index contributed by atoms with van der Waals surface area (Å²) in [5.41, 5.74) is 1.41. The number of carboxylic acids is 1. The first kappa shape index (κ1) is 12.9. The lowest BCUT2D eigenvalue weighted by Crippen LogP contribution is -2.35. The molecule has 1 aliphatic rings. The second-order valence-corrected chi connectivity index (χ2v) is 6.77. The molecule has 0 bridgehead atoms. The fourth-order valence-electron chi connectivity index (χ4n) is 2.89. The third-order valence-electron chi connectivity index (χ3n) is 3.92. The molecule has 3 rings (SSSR count). The van der Waals surface area contributed by atoms with Gasteiger partial charge in [-0.15, -0.1) is 11.3 Å². The van der Waals surface area contributed by atoms with Crippen LogP contribution in [0.25, 0.3) is 0 Å². The lowest BCUT2D eigenvalue weighted by molar-refractivity contribution is -0.143. The minimum atomic E-state index is -0.760. The number of benzene rings is 1. The fraction of sp³-hybridized carbons (Fsp3) is 0.267. The van der Waals surface area contributed by atoms with E-state index in [1.165, 1.54) is 5.56 Å². The Hall–Kier alpha value is -1.13. The van der Waals surface area contributed by atoms with Gasteiger partial charge in [-0.3, -0.25) is 4.79 Å². The summed E-state index contributed by atoms with van der Waals surface area (Å²) in [6.07, 6.45) is 2.11. The highest BCUT2D eigenvalue weighted by atomic mass is 79.9. The van der Waals surface area contributed by atoms with Crippen LogP contribution in [0.3, 0.4) is 0 Å². The van der Waals surface area contributed by atoms with Crippen LogP contribution in [0.15, 0.2) is 40.2 Å². The Balaban J connectivity index is 2.08. The van der Waals surface area contributed by atoms with E-state index in [9.17, 15) is 9.90 Å². The maximum Gasteiger partial charge on any atom is 0.314 e. The van der Waals surface area contributed by atoms with Crippen molar-refractivity contribution in [3.05, 3.63) is 56.2 Å². The Morgan fingerprint density at radius 1 is 1.37 bits per heavy atom. The van der Waals surface area contributed by atoms with Gasteiger partial charge < -0.3 is 5.11 Å². The average Bonchev–Trinajstić information content (AvgIpc) is 2.96. The SMILES string of the molecule is O=C(O)C1(Cc2sccc2Br)CCc2ccccc21. The zero-order valence-electron chi connectivity index (χ0n) is 10.2. The Bertz CT molecular complexity index is 635. The van der Waals surface area contributed by atoms with E-state index in [-0.39, 0.29) is 0 Å². The number of aliphatic carboxylic acids is 1. The number of aryl methyl sites for hydroxylation is 1. The van der Waals surface area contributed by atoms with Crippen molar-refractivity contribution in [2.24, 2.45) is 0 Å². The minimum Gasteiger partial charge on any atom is -0.481 e. The highest BCUT2D eigenvalue weighted by Crippen LogP contribution is 2.43. The molecule has 0 fully saturated rings. The van der Waals surface area contributed by atoms with Crippen LogP contribution in [0.5, 0.6) is 0 Å². The van der Waals surface area contributed by atoms with Gasteiger partial charge in [-0.2, -0.15) is 0 Å². The number of thiophene rings is 1. The zero-order valence-corrected chi connectivity index (χ0v) is 12.6. The minimum absolute atomic E-state index is 0.567. The molecule has 1 N–H and O–H groups in total. The smallest absolute Gasteiger partial charge is 0.314 e. The van der Waals surface area contributed by atoms with Crippen molar-refractivity contribution in [3.8, 4) is 0 Å². The molecule has 98 valence electrons. The van der Waals surface area contributed by atoms with E-state index in [0.717, 1.165) is 21.3 Å². The second-order valence-electron chi connectivity index (χ2n) is 4.91. The molecule has 2 aromatic rings. The molecule has 1 unspecified atom stereocenters. The number of halogens is 1. The van der Waals surface area contributed by atoms with E-state index < -0.39 is 11.4 Å². The third-order valence-corrected chi connectivity index (χ3v) is 5.84. The lowest BCUT2D eigenvalue weighted by atomic mass is 9.78. The van der Waals surface area contributed by atoms with Crippen LogP contribution in [0, 0.1) is 0 Å². The van der Waals surface area contributed by atoms with Crippen molar-refractivity contribution in [1.82, 2.24) is 0 Å². The highest BCUT2D eigenvalue weighted by molar-refractivity contribution is 9.10.